The van der Waals surface area contributed by atoms with Gasteiger partial charge in [-0.1, -0.05) is 30.3 Å². The van der Waals surface area contributed by atoms with Gasteiger partial charge in [-0.3, -0.25) is 9.59 Å². The predicted octanol–water partition coefficient (Wildman–Crippen LogP) is 3.57. The second-order valence-electron chi connectivity index (χ2n) is 10.9. The standard InChI is InChI=1S/C26H36N2O3/c29-23(16-25-13-19-10-20(14-25)12-21(11-19)15-25)27-17-24(30)28-18-26(6-8-31-9-7-26)22-4-2-1-3-5-22/h1-5,19-21H,6-18H2,(H,27,29)(H,28,30). The molecule has 5 heteroatoms. The Kier molecular flexibility index (Phi) is 5.80. The van der Waals surface area contributed by atoms with E-state index in [2.05, 4.69) is 34.9 Å². The van der Waals surface area contributed by atoms with Crippen LogP contribution in [-0.4, -0.2) is 38.1 Å². The van der Waals surface area contributed by atoms with Crippen molar-refractivity contribution in [3.63, 3.8) is 0 Å². The Morgan fingerprint density at radius 2 is 1.48 bits per heavy atom. The van der Waals surface area contributed by atoms with Crippen LogP contribution in [0.3, 0.4) is 0 Å². The third-order valence-corrected chi connectivity index (χ3v) is 8.61. The lowest BCUT2D eigenvalue weighted by Gasteiger charge is -2.56. The van der Waals surface area contributed by atoms with Crippen molar-refractivity contribution in [3.8, 4) is 0 Å². The smallest absolute Gasteiger partial charge is 0.239 e. The Bertz CT molecular complexity index is 765. The van der Waals surface area contributed by atoms with Gasteiger partial charge < -0.3 is 15.4 Å². The molecule has 5 nitrogen and oxygen atoms in total. The van der Waals surface area contributed by atoms with Crippen LogP contribution in [0.25, 0.3) is 0 Å². The average Bonchev–Trinajstić information content (AvgIpc) is 2.76. The van der Waals surface area contributed by atoms with E-state index < -0.39 is 0 Å². The molecular formula is C26H36N2O3. The van der Waals surface area contributed by atoms with E-state index in [-0.39, 0.29) is 29.2 Å². The van der Waals surface area contributed by atoms with E-state index in [1.54, 1.807) is 0 Å². The van der Waals surface area contributed by atoms with Crippen molar-refractivity contribution in [1.82, 2.24) is 10.6 Å². The summed E-state index contributed by atoms with van der Waals surface area (Å²) in [4.78, 5) is 25.3. The minimum Gasteiger partial charge on any atom is -0.381 e. The molecule has 0 unspecified atom stereocenters. The van der Waals surface area contributed by atoms with Crippen molar-refractivity contribution in [2.45, 2.75) is 63.2 Å². The van der Waals surface area contributed by atoms with Gasteiger partial charge in [-0.25, -0.2) is 0 Å². The van der Waals surface area contributed by atoms with E-state index in [0.29, 0.717) is 26.2 Å². The van der Waals surface area contributed by atoms with Crippen molar-refractivity contribution in [2.24, 2.45) is 23.2 Å². The molecule has 31 heavy (non-hydrogen) atoms. The lowest BCUT2D eigenvalue weighted by Crippen LogP contribution is -2.49. The zero-order valence-corrected chi connectivity index (χ0v) is 18.5. The van der Waals surface area contributed by atoms with Gasteiger partial charge in [0.05, 0.1) is 6.54 Å². The quantitative estimate of drug-likeness (QED) is 0.703. The molecule has 1 heterocycles. The number of nitrogens with one attached hydrogen (secondary N) is 2. The normalized spacial score (nSPS) is 33.1. The van der Waals surface area contributed by atoms with E-state index in [1.807, 2.05) is 6.07 Å². The van der Waals surface area contributed by atoms with Gasteiger partial charge in [-0.15, -0.1) is 0 Å². The zero-order chi connectivity index (χ0) is 21.3. The predicted molar refractivity (Wildman–Crippen MR) is 119 cm³/mol. The number of benzene rings is 1. The highest BCUT2D eigenvalue weighted by Crippen LogP contribution is 2.61. The lowest BCUT2D eigenvalue weighted by atomic mass is 9.49. The van der Waals surface area contributed by atoms with Gasteiger partial charge in [0.1, 0.15) is 0 Å². The van der Waals surface area contributed by atoms with Crippen LogP contribution in [-0.2, 0) is 19.7 Å². The first-order valence-electron chi connectivity index (χ1n) is 12.2. The van der Waals surface area contributed by atoms with Crippen LogP contribution in [0.5, 0.6) is 0 Å². The summed E-state index contributed by atoms with van der Waals surface area (Å²) in [6.07, 6.45) is 10.2. The Labute approximate surface area is 185 Å². The summed E-state index contributed by atoms with van der Waals surface area (Å²) in [5.41, 5.74) is 1.39. The fraction of sp³-hybridized carbons (Fsp3) is 0.692. The summed E-state index contributed by atoms with van der Waals surface area (Å²) >= 11 is 0. The van der Waals surface area contributed by atoms with Gasteiger partial charge in [0.2, 0.25) is 11.8 Å². The maximum atomic E-state index is 12.7. The highest BCUT2D eigenvalue weighted by Gasteiger charge is 2.51. The van der Waals surface area contributed by atoms with Crippen molar-refractivity contribution in [3.05, 3.63) is 35.9 Å². The molecule has 1 aromatic rings. The molecule has 0 atom stereocenters. The molecular weight excluding hydrogens is 388 g/mol. The maximum absolute atomic E-state index is 12.7. The Morgan fingerprint density at radius 3 is 2.10 bits per heavy atom. The van der Waals surface area contributed by atoms with Crippen LogP contribution in [0.4, 0.5) is 0 Å². The van der Waals surface area contributed by atoms with Crippen LogP contribution < -0.4 is 10.6 Å². The summed E-state index contributed by atoms with van der Waals surface area (Å²) in [7, 11) is 0. The van der Waals surface area contributed by atoms with Crippen LogP contribution in [0, 0.1) is 23.2 Å². The van der Waals surface area contributed by atoms with Gasteiger partial charge in [0, 0.05) is 31.6 Å². The van der Waals surface area contributed by atoms with Crippen molar-refractivity contribution in [2.75, 3.05) is 26.3 Å². The van der Waals surface area contributed by atoms with Crippen LogP contribution in [0.15, 0.2) is 30.3 Å². The third-order valence-electron chi connectivity index (χ3n) is 8.61. The molecule has 5 aliphatic rings. The molecule has 0 aromatic heterocycles. The minimum atomic E-state index is -0.0966. The molecule has 6 rings (SSSR count). The zero-order valence-electron chi connectivity index (χ0n) is 18.5. The Morgan fingerprint density at radius 1 is 0.871 bits per heavy atom. The highest BCUT2D eigenvalue weighted by molar-refractivity contribution is 5.85. The molecule has 168 valence electrons. The number of rotatable bonds is 7. The van der Waals surface area contributed by atoms with E-state index in [1.165, 1.54) is 44.1 Å². The summed E-state index contributed by atoms with van der Waals surface area (Å²) < 4.78 is 5.58. The van der Waals surface area contributed by atoms with Crippen LogP contribution in [0.1, 0.15) is 63.4 Å². The first-order chi connectivity index (χ1) is 15.0. The summed E-state index contributed by atoms with van der Waals surface area (Å²) in [5, 5.41) is 6.02. The molecule has 0 radical (unpaired) electrons. The topological polar surface area (TPSA) is 67.4 Å². The number of carbonyl (C=O) groups excluding carboxylic acids is 2. The molecule has 2 amide bonds. The van der Waals surface area contributed by atoms with E-state index in [0.717, 1.165) is 30.6 Å². The molecule has 4 bridgehead atoms. The largest absolute Gasteiger partial charge is 0.381 e. The SMILES string of the molecule is O=C(CNC(=O)CC12CC3CC(CC(C3)C1)C2)NCC1(c2ccccc2)CCOCC1. The van der Waals surface area contributed by atoms with E-state index >= 15 is 0 Å². The summed E-state index contributed by atoms with van der Waals surface area (Å²) in [5.74, 6) is 2.49. The Hall–Kier alpha value is -1.88. The van der Waals surface area contributed by atoms with Gasteiger partial charge in [0.15, 0.2) is 0 Å². The van der Waals surface area contributed by atoms with Gasteiger partial charge >= 0.3 is 0 Å². The molecule has 4 aliphatic carbocycles. The second kappa shape index (κ2) is 8.57. The fourth-order valence-electron chi connectivity index (χ4n) is 7.54. The Balaban J connectivity index is 1.12. The van der Waals surface area contributed by atoms with Gasteiger partial charge in [0.25, 0.3) is 0 Å². The van der Waals surface area contributed by atoms with E-state index in [4.69, 9.17) is 4.74 Å². The number of hydrogen-bond acceptors (Lipinski definition) is 3. The minimum absolute atomic E-state index is 0.0564. The first kappa shape index (κ1) is 21.0. The van der Waals surface area contributed by atoms with Crippen molar-refractivity contribution >= 4 is 11.8 Å². The molecule has 4 saturated carbocycles. The third kappa shape index (κ3) is 4.52. The van der Waals surface area contributed by atoms with Crippen molar-refractivity contribution < 1.29 is 14.3 Å². The molecule has 1 aromatic carbocycles. The molecule has 1 aliphatic heterocycles. The fourth-order valence-corrected chi connectivity index (χ4v) is 7.54. The molecule has 2 N–H and O–H groups in total. The molecule has 0 spiro atoms. The monoisotopic (exact) mass is 424 g/mol. The van der Waals surface area contributed by atoms with Crippen LogP contribution >= 0.6 is 0 Å². The average molecular weight is 425 g/mol. The second-order valence-corrected chi connectivity index (χ2v) is 10.9. The van der Waals surface area contributed by atoms with Gasteiger partial charge in [-0.05, 0) is 80.1 Å². The summed E-state index contributed by atoms with van der Waals surface area (Å²) in [6.45, 7) is 2.09. The lowest BCUT2D eigenvalue weighted by molar-refractivity contribution is -0.132. The van der Waals surface area contributed by atoms with E-state index in [9.17, 15) is 9.59 Å². The highest BCUT2D eigenvalue weighted by atomic mass is 16.5. The number of amides is 2. The molecule has 1 saturated heterocycles. The maximum Gasteiger partial charge on any atom is 0.239 e. The number of carbonyl (C=O) groups is 2. The number of hydrogen-bond donors (Lipinski definition) is 2. The number of ether oxygens (including phenoxy) is 1. The van der Waals surface area contributed by atoms with Crippen LogP contribution in [0.2, 0.25) is 0 Å². The summed E-state index contributed by atoms with van der Waals surface area (Å²) in [6, 6.07) is 10.4. The molecule has 5 fully saturated rings. The van der Waals surface area contributed by atoms with Gasteiger partial charge in [-0.2, -0.15) is 0 Å². The first-order valence-corrected chi connectivity index (χ1v) is 12.2. The van der Waals surface area contributed by atoms with Crippen molar-refractivity contribution in [1.29, 1.82) is 0 Å².